The van der Waals surface area contributed by atoms with Crippen LogP contribution in [0, 0.1) is 0 Å². The van der Waals surface area contributed by atoms with E-state index in [1.165, 1.54) is 0 Å². The molecule has 0 amide bonds. The zero-order valence-electron chi connectivity index (χ0n) is 41.5. The molecular formula is C48H30O. The Morgan fingerprint density at radius 1 is 0.388 bits per heavy atom. The van der Waals surface area contributed by atoms with E-state index in [0.29, 0.717) is 54.6 Å². The standard InChI is InChI=1S/C48H30O/c1-3-14-31(15-4-1)33-26-27-41-45(30-33)49-44-25-13-24-42(48(41)44)46-37-20-9-11-22-39(37)47(40-23-12-10-21-38(40)46)43-29-35(32-16-5-2-6-17-32)28-34-18-7-8-19-36(34)43/h1-30H/i1D,2D,3D,4D,5D,6D,7D,8D,14D,15D,16D,17D,18D,19D,28D,29D. The van der Waals surface area contributed by atoms with Crippen molar-refractivity contribution < 1.29 is 26.3 Å². The number of benzene rings is 9. The van der Waals surface area contributed by atoms with Crippen LogP contribution in [-0.4, -0.2) is 0 Å². The smallest absolute Gasteiger partial charge is 0.136 e. The molecule has 10 aromatic rings. The van der Waals surface area contributed by atoms with Gasteiger partial charge in [-0.1, -0.05) is 151 Å². The van der Waals surface area contributed by atoms with Crippen LogP contribution in [0.1, 0.15) is 21.9 Å². The summed E-state index contributed by atoms with van der Waals surface area (Å²) in [5, 5.41) is 3.37. The highest BCUT2D eigenvalue weighted by Crippen LogP contribution is 2.48. The summed E-state index contributed by atoms with van der Waals surface area (Å²) in [7, 11) is 0. The lowest BCUT2D eigenvalue weighted by molar-refractivity contribution is 0.669. The van der Waals surface area contributed by atoms with E-state index in [4.69, 9.17) is 22.2 Å². The maximum Gasteiger partial charge on any atom is 0.136 e. The first-order valence-electron chi connectivity index (χ1n) is 23.5. The molecule has 0 saturated carbocycles. The summed E-state index contributed by atoms with van der Waals surface area (Å²) in [6.07, 6.45) is 0. The summed E-state index contributed by atoms with van der Waals surface area (Å²) < 4.78 is 146. The van der Waals surface area contributed by atoms with Crippen LogP contribution in [0.15, 0.2) is 186 Å². The summed E-state index contributed by atoms with van der Waals surface area (Å²) >= 11 is 0. The Kier molecular flexibility index (Phi) is 3.64. The monoisotopic (exact) mass is 638 g/mol. The Morgan fingerprint density at radius 2 is 0.980 bits per heavy atom. The first-order valence-corrected chi connectivity index (χ1v) is 15.5. The summed E-state index contributed by atoms with van der Waals surface area (Å²) in [6.45, 7) is 0. The van der Waals surface area contributed by atoms with Crippen LogP contribution in [0.25, 0.3) is 98.8 Å². The molecule has 0 fully saturated rings. The topological polar surface area (TPSA) is 13.1 Å². The molecule has 1 aromatic heterocycles. The van der Waals surface area contributed by atoms with E-state index in [-0.39, 0.29) is 39.5 Å². The molecule has 49 heavy (non-hydrogen) atoms. The molecule has 0 unspecified atom stereocenters. The largest absolute Gasteiger partial charge is 0.456 e. The molecule has 0 aliphatic heterocycles. The summed E-state index contributed by atoms with van der Waals surface area (Å²) in [4.78, 5) is 0. The first-order chi connectivity index (χ1) is 31.0. The molecule has 228 valence electrons. The second-order valence-corrected chi connectivity index (χ2v) is 11.6. The van der Waals surface area contributed by atoms with Crippen molar-refractivity contribution in [2.75, 3.05) is 0 Å². The molecule has 10 rings (SSSR count). The zero-order chi connectivity index (χ0) is 46.2. The third-order valence-electron chi connectivity index (χ3n) is 8.92. The van der Waals surface area contributed by atoms with Crippen molar-refractivity contribution in [3.8, 4) is 44.5 Å². The molecule has 0 spiro atoms. The van der Waals surface area contributed by atoms with Gasteiger partial charge in [0.25, 0.3) is 0 Å². The fraction of sp³-hybridized carbons (Fsp3) is 0. The third kappa shape index (κ3) is 4.40. The zero-order valence-corrected chi connectivity index (χ0v) is 25.5. The van der Waals surface area contributed by atoms with Crippen LogP contribution in [0.4, 0.5) is 0 Å². The van der Waals surface area contributed by atoms with Crippen LogP contribution in [0.3, 0.4) is 0 Å². The molecule has 1 heteroatoms. The highest BCUT2D eigenvalue weighted by Gasteiger charge is 2.21. The third-order valence-corrected chi connectivity index (χ3v) is 8.92. The van der Waals surface area contributed by atoms with Crippen LogP contribution in [0.2, 0.25) is 0 Å². The van der Waals surface area contributed by atoms with Gasteiger partial charge in [0.2, 0.25) is 0 Å². The molecule has 1 nitrogen and oxygen atoms in total. The van der Waals surface area contributed by atoms with E-state index >= 15 is 0 Å². The Hall–Kier alpha value is -6.44. The van der Waals surface area contributed by atoms with Crippen molar-refractivity contribution in [3.63, 3.8) is 0 Å². The molecule has 0 atom stereocenters. The quantitative estimate of drug-likeness (QED) is 0.175. The van der Waals surface area contributed by atoms with Crippen LogP contribution >= 0.6 is 0 Å². The number of rotatable bonds is 4. The van der Waals surface area contributed by atoms with Crippen molar-refractivity contribution in [1.29, 1.82) is 0 Å². The van der Waals surface area contributed by atoms with E-state index in [2.05, 4.69) is 0 Å². The fourth-order valence-corrected chi connectivity index (χ4v) is 6.90. The minimum Gasteiger partial charge on any atom is -0.456 e. The van der Waals surface area contributed by atoms with Crippen LogP contribution in [-0.2, 0) is 0 Å². The van der Waals surface area contributed by atoms with Crippen molar-refractivity contribution in [3.05, 3.63) is 182 Å². The average Bonchev–Trinajstić information content (AvgIpc) is 3.69. The molecule has 0 N–H and O–H groups in total. The molecule has 0 saturated heterocycles. The van der Waals surface area contributed by atoms with Gasteiger partial charge in [-0.3, -0.25) is 0 Å². The first kappa shape index (κ1) is 16.1. The minimum atomic E-state index is -0.692. The van der Waals surface area contributed by atoms with Gasteiger partial charge in [-0.15, -0.1) is 0 Å². The van der Waals surface area contributed by atoms with E-state index in [1.54, 1.807) is 36.4 Å². The van der Waals surface area contributed by atoms with E-state index < -0.39 is 90.2 Å². The summed E-state index contributed by atoms with van der Waals surface area (Å²) in [6, 6.07) is 16.4. The molecule has 0 aliphatic carbocycles. The predicted molar refractivity (Wildman–Crippen MR) is 208 cm³/mol. The van der Waals surface area contributed by atoms with Gasteiger partial charge in [-0.2, -0.15) is 0 Å². The second-order valence-electron chi connectivity index (χ2n) is 11.6. The number of furan rings is 1. The van der Waals surface area contributed by atoms with Gasteiger partial charge < -0.3 is 4.42 Å². The van der Waals surface area contributed by atoms with E-state index in [1.807, 2.05) is 48.5 Å². The van der Waals surface area contributed by atoms with Gasteiger partial charge in [0, 0.05) is 10.8 Å². The highest BCUT2D eigenvalue weighted by molar-refractivity contribution is 6.27. The lowest BCUT2D eigenvalue weighted by atomic mass is 9.83. The van der Waals surface area contributed by atoms with Crippen molar-refractivity contribution in [2.45, 2.75) is 0 Å². The van der Waals surface area contributed by atoms with Crippen molar-refractivity contribution in [2.24, 2.45) is 0 Å². The number of fused-ring (bicyclic) bond motifs is 6. The molecule has 0 aliphatic rings. The maximum absolute atomic E-state index is 9.93. The minimum absolute atomic E-state index is 0.0177. The lowest BCUT2D eigenvalue weighted by Gasteiger charge is -2.20. The Morgan fingerprint density at radius 3 is 1.65 bits per heavy atom. The maximum atomic E-state index is 9.93. The van der Waals surface area contributed by atoms with Gasteiger partial charge in [-0.05, 0) is 107 Å². The highest BCUT2D eigenvalue weighted by atomic mass is 16.3. The molecule has 1 heterocycles. The van der Waals surface area contributed by atoms with Crippen molar-refractivity contribution in [1.82, 2.24) is 0 Å². The second kappa shape index (κ2) is 11.1. The predicted octanol–water partition coefficient (Wildman–Crippen LogP) is 13.7. The summed E-state index contributed by atoms with van der Waals surface area (Å²) in [5.41, 5.74) is 2.29. The average molecular weight is 639 g/mol. The van der Waals surface area contributed by atoms with Crippen LogP contribution < -0.4 is 0 Å². The van der Waals surface area contributed by atoms with Gasteiger partial charge >= 0.3 is 0 Å². The SMILES string of the molecule is [2H]c1c([2H])c([2H])c(-c2ccc3c(c2)oc2cccc(-c4c5ccccc5c(-c5c([2H])c(-c6c([2H])c([2H])c([2H])c([2H])c6[2H])c([2H])c6c([2H])c([2H])c([2H])c([2H])c56)c5ccccc45)c23)c([2H])c1[2H]. The lowest BCUT2D eigenvalue weighted by Crippen LogP contribution is -1.93. The van der Waals surface area contributed by atoms with Gasteiger partial charge in [0.05, 0.1) is 21.9 Å². The van der Waals surface area contributed by atoms with Gasteiger partial charge in [0.15, 0.2) is 0 Å². The van der Waals surface area contributed by atoms with E-state index in [0.717, 1.165) is 11.1 Å². The Labute approximate surface area is 306 Å². The fourth-order valence-electron chi connectivity index (χ4n) is 6.90. The van der Waals surface area contributed by atoms with Gasteiger partial charge in [0.1, 0.15) is 11.2 Å². The Bertz CT molecular complexity index is 3680. The molecular weight excluding hydrogens is 593 g/mol. The molecule has 9 aromatic carbocycles. The van der Waals surface area contributed by atoms with Crippen LogP contribution in [0.5, 0.6) is 0 Å². The van der Waals surface area contributed by atoms with Gasteiger partial charge in [-0.25, -0.2) is 0 Å². The van der Waals surface area contributed by atoms with Crippen molar-refractivity contribution >= 4 is 54.3 Å². The number of hydrogen-bond donors (Lipinski definition) is 0. The van der Waals surface area contributed by atoms with E-state index in [9.17, 15) is 4.11 Å². The summed E-state index contributed by atoms with van der Waals surface area (Å²) in [5.74, 6) is 0. The molecule has 0 radical (unpaired) electrons. The Balaban J connectivity index is 1.34. The number of hydrogen-bond acceptors (Lipinski definition) is 1. The normalized spacial score (nSPS) is 16.2. The molecule has 0 bridgehead atoms.